The fraction of sp³-hybridized carbons (Fsp3) is 0. The second-order valence-electron chi connectivity index (χ2n) is 2.25. The van der Waals surface area contributed by atoms with E-state index in [0.717, 1.165) is 0 Å². The summed E-state index contributed by atoms with van der Waals surface area (Å²) in [6, 6.07) is 1.05. The summed E-state index contributed by atoms with van der Waals surface area (Å²) in [7, 11) is -5.39. The molecule has 72 valence electrons. The van der Waals surface area contributed by atoms with Gasteiger partial charge < -0.3 is 5.73 Å². The fourth-order valence-corrected chi connectivity index (χ4v) is 1.40. The van der Waals surface area contributed by atoms with Gasteiger partial charge in [0.2, 0.25) is 0 Å². The summed E-state index contributed by atoms with van der Waals surface area (Å²) in [4.78, 5) is -1.61. The van der Waals surface area contributed by atoms with Crippen LogP contribution in [0.25, 0.3) is 0 Å². The first-order valence-corrected chi connectivity index (χ1v) is 4.40. The van der Waals surface area contributed by atoms with Crippen LogP contribution in [0.3, 0.4) is 0 Å². The lowest BCUT2D eigenvalue weighted by molar-refractivity contribution is 0.500. The molecule has 3 nitrogen and oxygen atoms in total. The molecule has 1 rings (SSSR count). The Labute approximate surface area is 72.2 Å². The molecule has 0 aliphatic rings. The van der Waals surface area contributed by atoms with Crippen molar-refractivity contribution in [2.45, 2.75) is 4.90 Å². The van der Waals surface area contributed by atoms with Crippen LogP contribution in [0.5, 0.6) is 0 Å². The molecule has 0 aromatic heterocycles. The summed E-state index contributed by atoms with van der Waals surface area (Å²) >= 11 is 0. The van der Waals surface area contributed by atoms with Crippen molar-refractivity contribution in [2.75, 3.05) is 5.73 Å². The van der Waals surface area contributed by atoms with Crippen LogP contribution in [0, 0.1) is 11.6 Å². The molecular formula is C6H4F3NO2S. The van der Waals surface area contributed by atoms with E-state index >= 15 is 0 Å². The Hall–Kier alpha value is -1.24. The molecule has 0 aliphatic heterocycles. The Bertz CT molecular complexity index is 420. The van der Waals surface area contributed by atoms with Gasteiger partial charge in [-0.1, -0.05) is 0 Å². The molecule has 0 bridgehead atoms. The Morgan fingerprint density at radius 3 is 1.85 bits per heavy atom. The zero-order chi connectivity index (χ0) is 10.2. The monoisotopic (exact) mass is 211 g/mol. The van der Waals surface area contributed by atoms with E-state index in [0.29, 0.717) is 12.1 Å². The average Bonchev–Trinajstić information content (AvgIpc) is 1.78. The number of hydrogen-bond donors (Lipinski definition) is 1. The van der Waals surface area contributed by atoms with E-state index in [9.17, 15) is 21.1 Å². The molecule has 0 heterocycles. The van der Waals surface area contributed by atoms with Gasteiger partial charge in [0, 0.05) is 5.69 Å². The highest BCUT2D eigenvalue weighted by Crippen LogP contribution is 2.22. The number of nitrogens with two attached hydrogens (primary N) is 1. The van der Waals surface area contributed by atoms with Gasteiger partial charge in [0.05, 0.1) is 0 Å². The highest BCUT2D eigenvalue weighted by atomic mass is 32.3. The first-order valence-electron chi connectivity index (χ1n) is 3.01. The minimum atomic E-state index is -5.39. The minimum absolute atomic E-state index is 0.317. The second-order valence-corrected chi connectivity index (χ2v) is 3.54. The fourth-order valence-electron chi connectivity index (χ4n) is 0.812. The Morgan fingerprint density at radius 1 is 1.15 bits per heavy atom. The molecule has 0 amide bonds. The SMILES string of the molecule is Nc1cc(F)c(S(=O)(=O)F)c(F)c1. The van der Waals surface area contributed by atoms with E-state index in [1.54, 1.807) is 0 Å². The maximum absolute atomic E-state index is 12.7. The van der Waals surface area contributed by atoms with Crippen LogP contribution in [-0.4, -0.2) is 8.42 Å². The minimum Gasteiger partial charge on any atom is -0.399 e. The van der Waals surface area contributed by atoms with Crippen molar-refractivity contribution in [1.82, 2.24) is 0 Å². The molecular weight excluding hydrogens is 207 g/mol. The molecule has 0 atom stereocenters. The predicted octanol–water partition coefficient (Wildman–Crippen LogP) is 1.21. The van der Waals surface area contributed by atoms with Crippen molar-refractivity contribution in [3.05, 3.63) is 23.8 Å². The topological polar surface area (TPSA) is 60.2 Å². The van der Waals surface area contributed by atoms with E-state index in [-0.39, 0.29) is 5.69 Å². The van der Waals surface area contributed by atoms with Crippen molar-refractivity contribution in [3.8, 4) is 0 Å². The second kappa shape index (κ2) is 2.91. The Kier molecular flexibility index (Phi) is 2.21. The molecule has 0 saturated heterocycles. The maximum atomic E-state index is 12.7. The van der Waals surface area contributed by atoms with Gasteiger partial charge in [0.25, 0.3) is 0 Å². The quantitative estimate of drug-likeness (QED) is 0.561. The van der Waals surface area contributed by atoms with Gasteiger partial charge in [-0.15, -0.1) is 3.89 Å². The smallest absolute Gasteiger partial charge is 0.337 e. The molecule has 13 heavy (non-hydrogen) atoms. The van der Waals surface area contributed by atoms with Crippen molar-refractivity contribution in [1.29, 1.82) is 0 Å². The summed E-state index contributed by atoms with van der Waals surface area (Å²) in [5, 5.41) is 0. The third-order valence-corrected chi connectivity index (χ3v) is 2.14. The largest absolute Gasteiger partial charge is 0.399 e. The van der Waals surface area contributed by atoms with Crippen molar-refractivity contribution in [3.63, 3.8) is 0 Å². The van der Waals surface area contributed by atoms with Crippen molar-refractivity contribution < 1.29 is 21.1 Å². The molecule has 2 N–H and O–H groups in total. The van der Waals surface area contributed by atoms with Gasteiger partial charge in [-0.25, -0.2) is 8.78 Å². The number of rotatable bonds is 1. The normalized spacial score (nSPS) is 11.6. The number of hydrogen-bond acceptors (Lipinski definition) is 3. The van der Waals surface area contributed by atoms with Crippen molar-refractivity contribution >= 4 is 15.9 Å². The van der Waals surface area contributed by atoms with Gasteiger partial charge in [-0.2, -0.15) is 8.42 Å². The van der Waals surface area contributed by atoms with E-state index in [1.165, 1.54) is 0 Å². The van der Waals surface area contributed by atoms with E-state index < -0.39 is 26.8 Å². The predicted molar refractivity (Wildman–Crippen MR) is 39.1 cm³/mol. The summed E-state index contributed by atoms with van der Waals surface area (Å²) in [6.07, 6.45) is 0. The first kappa shape index (κ1) is 9.85. The lowest BCUT2D eigenvalue weighted by atomic mass is 10.3. The van der Waals surface area contributed by atoms with Crippen LogP contribution in [0.1, 0.15) is 0 Å². The zero-order valence-corrected chi connectivity index (χ0v) is 6.91. The van der Waals surface area contributed by atoms with Gasteiger partial charge >= 0.3 is 10.2 Å². The Balaban J connectivity index is 3.57. The van der Waals surface area contributed by atoms with Crippen LogP contribution < -0.4 is 5.73 Å². The number of benzene rings is 1. The van der Waals surface area contributed by atoms with Gasteiger partial charge in [-0.05, 0) is 12.1 Å². The van der Waals surface area contributed by atoms with Gasteiger partial charge in [0.1, 0.15) is 11.6 Å². The molecule has 0 unspecified atom stereocenters. The third-order valence-electron chi connectivity index (χ3n) is 1.26. The molecule has 0 saturated carbocycles. The van der Waals surface area contributed by atoms with Crippen LogP contribution in [0.4, 0.5) is 18.4 Å². The summed E-state index contributed by atoms with van der Waals surface area (Å²) in [6.45, 7) is 0. The number of halogens is 3. The van der Waals surface area contributed by atoms with Crippen LogP contribution in [-0.2, 0) is 10.2 Å². The number of anilines is 1. The molecule has 1 aromatic carbocycles. The van der Waals surface area contributed by atoms with Crippen LogP contribution in [0.2, 0.25) is 0 Å². The third kappa shape index (κ3) is 1.92. The molecule has 1 aromatic rings. The van der Waals surface area contributed by atoms with E-state index in [4.69, 9.17) is 5.73 Å². The molecule has 0 aliphatic carbocycles. The summed E-state index contributed by atoms with van der Waals surface area (Å²) < 4.78 is 58.0. The highest BCUT2D eigenvalue weighted by molar-refractivity contribution is 7.86. The van der Waals surface area contributed by atoms with Crippen molar-refractivity contribution in [2.24, 2.45) is 0 Å². The van der Waals surface area contributed by atoms with Gasteiger partial charge in [-0.3, -0.25) is 0 Å². The Morgan fingerprint density at radius 2 is 1.54 bits per heavy atom. The summed E-state index contributed by atoms with van der Waals surface area (Å²) in [5.41, 5.74) is 4.66. The van der Waals surface area contributed by atoms with Gasteiger partial charge in [0.15, 0.2) is 4.90 Å². The standard InChI is InChI=1S/C6H4F3NO2S/c7-4-1-3(10)2-5(8)6(4)13(9,11)12/h1-2H,10H2. The maximum Gasteiger partial charge on any atom is 0.337 e. The zero-order valence-electron chi connectivity index (χ0n) is 6.09. The molecule has 0 spiro atoms. The molecule has 0 fully saturated rings. The molecule has 7 heteroatoms. The first-order chi connectivity index (χ1) is 5.82. The van der Waals surface area contributed by atoms with Crippen LogP contribution >= 0.6 is 0 Å². The summed E-state index contributed by atoms with van der Waals surface area (Å²) in [5.74, 6) is -3.08. The lowest BCUT2D eigenvalue weighted by Crippen LogP contribution is -2.02. The number of nitrogen functional groups attached to an aromatic ring is 1. The van der Waals surface area contributed by atoms with E-state index in [2.05, 4.69) is 0 Å². The molecule has 0 radical (unpaired) electrons. The highest BCUT2D eigenvalue weighted by Gasteiger charge is 2.23. The van der Waals surface area contributed by atoms with E-state index in [1.807, 2.05) is 0 Å². The van der Waals surface area contributed by atoms with Crippen LogP contribution in [0.15, 0.2) is 17.0 Å². The lowest BCUT2D eigenvalue weighted by Gasteiger charge is -2.00. The average molecular weight is 211 g/mol.